The molecule has 34 heavy (non-hydrogen) atoms. The third-order valence-corrected chi connectivity index (χ3v) is 8.84. The zero-order valence-electron chi connectivity index (χ0n) is 22.0. The molecule has 0 aromatic carbocycles. The molecule has 0 N–H and O–H groups in total. The quantitative estimate of drug-likeness (QED) is 0.383. The molecule has 0 amide bonds. The number of hydrogen-bond donors (Lipinski definition) is 0. The van der Waals surface area contributed by atoms with Gasteiger partial charge in [0.05, 0.1) is 19.1 Å². The molecule has 1 aliphatic heterocycles. The van der Waals surface area contributed by atoms with Crippen LogP contribution < -0.4 is 0 Å². The number of methoxy groups -OCH3 is 1. The first-order valence-corrected chi connectivity index (χ1v) is 13.8. The summed E-state index contributed by atoms with van der Waals surface area (Å²) in [5.74, 6) is 1.63. The lowest BCUT2D eigenvalue weighted by molar-refractivity contribution is -0.519. The van der Waals surface area contributed by atoms with E-state index in [1.165, 1.54) is 29.7 Å². The summed E-state index contributed by atoms with van der Waals surface area (Å²) in [6.45, 7) is 13.1. The second-order valence-corrected chi connectivity index (χ2v) is 10.3. The van der Waals surface area contributed by atoms with Crippen LogP contribution in [0.2, 0.25) is 0 Å². The largest absolute Gasteiger partial charge is 0.489 e. The molecule has 2 fully saturated rings. The van der Waals surface area contributed by atoms with Crippen molar-refractivity contribution >= 4 is 11.7 Å². The SMILES string of the molecule is CCN(CC)C1CCC2C(C3CCCCC3C(=O)OC)=C3C=CC(=[N+](CC)CC)C=C3OC2C1. The van der Waals surface area contributed by atoms with E-state index >= 15 is 0 Å². The zero-order chi connectivity index (χ0) is 24.2. The van der Waals surface area contributed by atoms with E-state index in [4.69, 9.17) is 9.47 Å². The van der Waals surface area contributed by atoms with Gasteiger partial charge in [0.2, 0.25) is 5.71 Å². The number of allylic oxidation sites excluding steroid dienone is 3. The van der Waals surface area contributed by atoms with Gasteiger partial charge in [0.1, 0.15) is 25.0 Å². The Morgan fingerprint density at radius 1 is 1.03 bits per heavy atom. The van der Waals surface area contributed by atoms with Crippen molar-refractivity contribution in [3.05, 3.63) is 35.1 Å². The van der Waals surface area contributed by atoms with Crippen LogP contribution in [0.25, 0.3) is 0 Å². The molecular weight excluding hydrogens is 424 g/mol. The summed E-state index contributed by atoms with van der Waals surface area (Å²) in [5.41, 5.74) is 3.97. The Balaban J connectivity index is 1.77. The predicted octanol–water partition coefficient (Wildman–Crippen LogP) is 5.12. The second-order valence-electron chi connectivity index (χ2n) is 10.3. The molecule has 2 saturated carbocycles. The van der Waals surface area contributed by atoms with E-state index in [1.807, 2.05) is 0 Å². The number of rotatable bonds is 7. The molecule has 0 saturated heterocycles. The number of ether oxygens (including phenoxy) is 2. The van der Waals surface area contributed by atoms with Crippen LogP contribution >= 0.6 is 0 Å². The summed E-state index contributed by atoms with van der Waals surface area (Å²) in [7, 11) is 1.55. The lowest BCUT2D eigenvalue weighted by Gasteiger charge is -2.48. The standard InChI is InChI=1S/C29H45N2O3/c1-6-30(7-2)20-14-16-24-26(18-20)34-27-19-21(31(8-3)9-4)15-17-25(27)28(24)22-12-10-11-13-23(22)29(32)33-5/h14,16,18,21-23,25,27H,6-13,15,17,19H2,1-5H3/q+1. The first-order chi connectivity index (χ1) is 16.6. The van der Waals surface area contributed by atoms with E-state index in [2.05, 4.69) is 55.4 Å². The summed E-state index contributed by atoms with van der Waals surface area (Å²) >= 11 is 0. The monoisotopic (exact) mass is 469 g/mol. The normalized spacial score (nSPS) is 30.9. The fourth-order valence-electron chi connectivity index (χ4n) is 7.07. The van der Waals surface area contributed by atoms with Gasteiger partial charge in [-0.15, -0.1) is 0 Å². The Hall–Kier alpha value is -1.88. The summed E-state index contributed by atoms with van der Waals surface area (Å²) in [4.78, 5) is 15.4. The minimum absolute atomic E-state index is 0.0247. The van der Waals surface area contributed by atoms with Gasteiger partial charge in [-0.1, -0.05) is 26.7 Å². The summed E-state index contributed by atoms with van der Waals surface area (Å²) in [5, 5.41) is 0. The van der Waals surface area contributed by atoms with Crippen LogP contribution in [0.15, 0.2) is 35.1 Å². The first-order valence-electron chi connectivity index (χ1n) is 13.8. The zero-order valence-corrected chi connectivity index (χ0v) is 22.0. The molecule has 5 nitrogen and oxygen atoms in total. The first kappa shape index (κ1) is 25.2. The number of carbonyl (C=O) groups excluding carboxylic acids is 1. The second kappa shape index (κ2) is 11.2. The van der Waals surface area contributed by atoms with Crippen molar-refractivity contribution in [2.75, 3.05) is 33.3 Å². The van der Waals surface area contributed by atoms with Crippen LogP contribution in [0.3, 0.4) is 0 Å². The van der Waals surface area contributed by atoms with Crippen LogP contribution in [0.5, 0.6) is 0 Å². The minimum Gasteiger partial charge on any atom is -0.489 e. The molecule has 5 unspecified atom stereocenters. The van der Waals surface area contributed by atoms with E-state index in [1.54, 1.807) is 7.11 Å². The van der Waals surface area contributed by atoms with Crippen LogP contribution in [-0.4, -0.2) is 66.6 Å². The van der Waals surface area contributed by atoms with Gasteiger partial charge in [0.15, 0.2) is 0 Å². The van der Waals surface area contributed by atoms with Crippen molar-refractivity contribution in [2.24, 2.45) is 17.8 Å². The molecule has 0 aromatic rings. The van der Waals surface area contributed by atoms with E-state index < -0.39 is 0 Å². The highest BCUT2D eigenvalue weighted by Crippen LogP contribution is 2.50. The van der Waals surface area contributed by atoms with Crippen molar-refractivity contribution in [1.82, 2.24) is 4.90 Å². The van der Waals surface area contributed by atoms with Crippen molar-refractivity contribution < 1.29 is 18.8 Å². The maximum Gasteiger partial charge on any atom is 0.309 e. The highest BCUT2D eigenvalue weighted by atomic mass is 16.5. The van der Waals surface area contributed by atoms with Gasteiger partial charge in [-0.25, -0.2) is 4.58 Å². The molecule has 1 heterocycles. The van der Waals surface area contributed by atoms with Gasteiger partial charge >= 0.3 is 5.97 Å². The fraction of sp³-hybridized carbons (Fsp3) is 0.724. The molecule has 0 aromatic heterocycles. The topological polar surface area (TPSA) is 41.8 Å². The smallest absolute Gasteiger partial charge is 0.309 e. The van der Waals surface area contributed by atoms with Crippen molar-refractivity contribution in [2.45, 2.75) is 84.8 Å². The Morgan fingerprint density at radius 2 is 1.76 bits per heavy atom. The fourth-order valence-corrected chi connectivity index (χ4v) is 7.07. The van der Waals surface area contributed by atoms with Crippen LogP contribution in [0.1, 0.15) is 72.6 Å². The lowest BCUT2D eigenvalue weighted by atomic mass is 9.64. The number of carbonyl (C=O) groups is 1. The number of esters is 1. The van der Waals surface area contributed by atoms with Crippen LogP contribution in [0.4, 0.5) is 0 Å². The molecule has 4 rings (SSSR count). The van der Waals surface area contributed by atoms with E-state index in [0.717, 1.165) is 64.0 Å². The van der Waals surface area contributed by atoms with Crippen molar-refractivity contribution in [3.63, 3.8) is 0 Å². The van der Waals surface area contributed by atoms with Gasteiger partial charge in [-0.3, -0.25) is 4.79 Å². The van der Waals surface area contributed by atoms with Crippen LogP contribution in [0, 0.1) is 17.8 Å². The molecule has 5 atom stereocenters. The highest BCUT2D eigenvalue weighted by Gasteiger charge is 2.46. The summed E-state index contributed by atoms with van der Waals surface area (Å²) < 4.78 is 14.5. The molecule has 5 heteroatoms. The molecular formula is C29H45N2O3+. The van der Waals surface area contributed by atoms with Gasteiger partial charge in [0.25, 0.3) is 0 Å². The summed E-state index contributed by atoms with van der Waals surface area (Å²) in [6, 6.07) is 0.577. The average molecular weight is 470 g/mol. The van der Waals surface area contributed by atoms with Gasteiger partial charge in [0, 0.05) is 30.0 Å². The van der Waals surface area contributed by atoms with Gasteiger partial charge in [-0.2, -0.15) is 0 Å². The number of hydrogen-bond acceptors (Lipinski definition) is 4. The van der Waals surface area contributed by atoms with Crippen molar-refractivity contribution in [1.29, 1.82) is 0 Å². The Labute approximate surface area is 206 Å². The Kier molecular flexibility index (Phi) is 8.34. The van der Waals surface area contributed by atoms with E-state index in [-0.39, 0.29) is 23.9 Å². The van der Waals surface area contributed by atoms with Crippen molar-refractivity contribution in [3.8, 4) is 0 Å². The molecule has 0 spiro atoms. The van der Waals surface area contributed by atoms with Gasteiger partial charge in [-0.05, 0) is 70.2 Å². The molecule has 4 aliphatic rings. The third kappa shape index (κ3) is 4.78. The predicted molar refractivity (Wildman–Crippen MR) is 137 cm³/mol. The summed E-state index contributed by atoms with van der Waals surface area (Å²) in [6.07, 6.45) is 14.7. The van der Waals surface area contributed by atoms with Gasteiger partial charge < -0.3 is 14.4 Å². The highest BCUT2D eigenvalue weighted by molar-refractivity contribution is 6.03. The molecule has 188 valence electrons. The van der Waals surface area contributed by atoms with E-state index in [9.17, 15) is 4.79 Å². The van der Waals surface area contributed by atoms with Crippen LogP contribution in [-0.2, 0) is 14.3 Å². The lowest BCUT2D eigenvalue weighted by Crippen LogP contribution is -2.47. The number of fused-ring (bicyclic) bond motifs is 2. The maximum absolute atomic E-state index is 12.9. The Bertz CT molecular complexity index is 874. The average Bonchev–Trinajstić information content (AvgIpc) is 2.88. The van der Waals surface area contributed by atoms with E-state index in [0.29, 0.717) is 12.0 Å². The molecule has 3 aliphatic carbocycles. The molecule has 0 bridgehead atoms. The number of nitrogens with zero attached hydrogens (tertiary/aromatic N) is 2. The third-order valence-electron chi connectivity index (χ3n) is 8.84. The molecule has 0 radical (unpaired) electrons. The minimum atomic E-state index is -0.0293. The maximum atomic E-state index is 12.9. The Morgan fingerprint density at radius 3 is 2.44 bits per heavy atom.